The summed E-state index contributed by atoms with van der Waals surface area (Å²) in [5.74, 6) is 0. The van der Waals surface area contributed by atoms with Crippen LogP contribution in [0.15, 0.2) is 11.6 Å². The third-order valence-corrected chi connectivity index (χ3v) is 0.998. The topological polar surface area (TPSA) is 9.23 Å². The van der Waals surface area contributed by atoms with Gasteiger partial charge in [0.25, 0.3) is 0 Å². The summed E-state index contributed by atoms with van der Waals surface area (Å²) in [6, 6.07) is 0. The maximum Gasteiger partial charge on any atom is 0.0729 e. The lowest BCUT2D eigenvalue weighted by Gasteiger charge is -2.05. The summed E-state index contributed by atoms with van der Waals surface area (Å²) in [5.41, 5.74) is 1.32. The van der Waals surface area contributed by atoms with Gasteiger partial charge in [-0.2, -0.15) is 0 Å². The summed E-state index contributed by atoms with van der Waals surface area (Å²) in [5, 5.41) is 0. The van der Waals surface area contributed by atoms with Gasteiger partial charge in [-0.25, -0.2) is 0 Å². The number of allylic oxidation sites excluding steroid dienone is 1. The lowest BCUT2D eigenvalue weighted by molar-refractivity contribution is 0.109. The second-order valence-corrected chi connectivity index (χ2v) is 2.40. The Bertz CT molecular complexity index is 90.7. The van der Waals surface area contributed by atoms with Crippen LogP contribution < -0.4 is 0 Å². The van der Waals surface area contributed by atoms with Gasteiger partial charge in [-0.3, -0.25) is 0 Å². The molecular formula is C8H16O. The van der Waals surface area contributed by atoms with Crippen LogP contribution >= 0.6 is 0 Å². The maximum atomic E-state index is 5.28. The van der Waals surface area contributed by atoms with Crippen LogP contribution in [0, 0.1) is 0 Å². The molecule has 0 aliphatic carbocycles. The van der Waals surface area contributed by atoms with Crippen LogP contribution in [0.1, 0.15) is 27.7 Å². The molecule has 0 aromatic rings. The third-order valence-electron chi connectivity index (χ3n) is 0.998. The Labute approximate surface area is 57.7 Å². The highest BCUT2D eigenvalue weighted by Gasteiger charge is 1.92. The van der Waals surface area contributed by atoms with Gasteiger partial charge in [0.15, 0.2) is 0 Å². The lowest BCUT2D eigenvalue weighted by Crippen LogP contribution is -2.03. The third kappa shape index (κ3) is 5.57. The van der Waals surface area contributed by atoms with Crippen molar-refractivity contribution in [2.45, 2.75) is 33.8 Å². The summed E-state index contributed by atoms with van der Waals surface area (Å²) >= 11 is 0. The van der Waals surface area contributed by atoms with Crippen LogP contribution in [0.4, 0.5) is 0 Å². The summed E-state index contributed by atoms with van der Waals surface area (Å²) in [4.78, 5) is 0. The lowest BCUT2D eigenvalue weighted by atomic mass is 10.2. The molecule has 1 atom stereocenters. The van der Waals surface area contributed by atoms with Crippen molar-refractivity contribution < 1.29 is 4.74 Å². The molecule has 0 spiro atoms. The van der Waals surface area contributed by atoms with Gasteiger partial charge in [0.05, 0.1) is 6.10 Å². The highest BCUT2D eigenvalue weighted by Crippen LogP contribution is 1.97. The predicted molar refractivity (Wildman–Crippen MR) is 40.5 cm³/mol. The molecule has 1 heteroatoms. The average molecular weight is 128 g/mol. The molecule has 1 nitrogen and oxygen atoms in total. The SMILES string of the molecule is CCOC(C)C=C(C)C. The highest BCUT2D eigenvalue weighted by molar-refractivity contribution is 4.96. The molecule has 9 heavy (non-hydrogen) atoms. The Balaban J connectivity index is 3.49. The van der Waals surface area contributed by atoms with Gasteiger partial charge < -0.3 is 4.74 Å². The van der Waals surface area contributed by atoms with Gasteiger partial charge in [0, 0.05) is 6.61 Å². The molecule has 0 aromatic heterocycles. The van der Waals surface area contributed by atoms with E-state index in [1.807, 2.05) is 6.92 Å². The van der Waals surface area contributed by atoms with E-state index < -0.39 is 0 Å². The second-order valence-electron chi connectivity index (χ2n) is 2.40. The van der Waals surface area contributed by atoms with Crippen molar-refractivity contribution in [3.8, 4) is 0 Å². The highest BCUT2D eigenvalue weighted by atomic mass is 16.5. The van der Waals surface area contributed by atoms with E-state index in [2.05, 4.69) is 26.8 Å². The molecule has 0 saturated carbocycles. The Morgan fingerprint density at radius 1 is 1.56 bits per heavy atom. The van der Waals surface area contributed by atoms with Gasteiger partial charge in [-0.1, -0.05) is 11.6 Å². The smallest absolute Gasteiger partial charge is 0.0729 e. The molecule has 0 rings (SSSR count). The summed E-state index contributed by atoms with van der Waals surface area (Å²) in [6.45, 7) is 9.02. The quantitative estimate of drug-likeness (QED) is 0.530. The number of ether oxygens (including phenoxy) is 1. The number of hydrogen-bond donors (Lipinski definition) is 0. The molecule has 0 aromatic carbocycles. The van der Waals surface area contributed by atoms with E-state index in [1.54, 1.807) is 0 Å². The van der Waals surface area contributed by atoms with Crippen molar-refractivity contribution in [1.29, 1.82) is 0 Å². The Hall–Kier alpha value is -0.300. The average Bonchev–Trinajstić information content (AvgIpc) is 1.63. The number of hydrogen-bond acceptors (Lipinski definition) is 1. The van der Waals surface area contributed by atoms with Gasteiger partial charge in [-0.05, 0) is 27.7 Å². The van der Waals surface area contributed by atoms with Crippen LogP contribution in [0.5, 0.6) is 0 Å². The van der Waals surface area contributed by atoms with Crippen LogP contribution in [-0.4, -0.2) is 12.7 Å². The summed E-state index contributed by atoms with van der Waals surface area (Å²) < 4.78 is 5.28. The normalized spacial score (nSPS) is 12.9. The molecule has 0 saturated heterocycles. The van der Waals surface area contributed by atoms with Crippen molar-refractivity contribution in [3.63, 3.8) is 0 Å². The zero-order chi connectivity index (χ0) is 7.28. The first-order chi connectivity index (χ1) is 4.16. The predicted octanol–water partition coefficient (Wildman–Crippen LogP) is 2.38. The fraction of sp³-hybridized carbons (Fsp3) is 0.750. The first kappa shape index (κ1) is 8.70. The van der Waals surface area contributed by atoms with E-state index in [9.17, 15) is 0 Å². The van der Waals surface area contributed by atoms with Crippen molar-refractivity contribution in [1.82, 2.24) is 0 Å². The molecule has 0 N–H and O–H groups in total. The van der Waals surface area contributed by atoms with Gasteiger partial charge in [0.1, 0.15) is 0 Å². The van der Waals surface area contributed by atoms with Gasteiger partial charge >= 0.3 is 0 Å². The van der Waals surface area contributed by atoms with E-state index in [0.717, 1.165) is 6.61 Å². The van der Waals surface area contributed by atoms with E-state index in [4.69, 9.17) is 4.74 Å². The minimum Gasteiger partial charge on any atom is -0.375 e. The first-order valence-electron chi connectivity index (χ1n) is 3.43. The van der Waals surface area contributed by atoms with Crippen molar-refractivity contribution in [3.05, 3.63) is 11.6 Å². The molecular weight excluding hydrogens is 112 g/mol. The first-order valence-corrected chi connectivity index (χ1v) is 3.43. The molecule has 0 bridgehead atoms. The summed E-state index contributed by atoms with van der Waals surface area (Å²) in [7, 11) is 0. The van der Waals surface area contributed by atoms with Crippen LogP contribution in [-0.2, 0) is 4.74 Å². The molecule has 0 aliphatic heterocycles. The summed E-state index contributed by atoms with van der Waals surface area (Å²) in [6.07, 6.45) is 2.39. The van der Waals surface area contributed by atoms with E-state index in [0.29, 0.717) is 0 Å². The molecule has 0 radical (unpaired) electrons. The Kier molecular flexibility index (Phi) is 4.41. The monoisotopic (exact) mass is 128 g/mol. The van der Waals surface area contributed by atoms with E-state index >= 15 is 0 Å². The van der Waals surface area contributed by atoms with Crippen molar-refractivity contribution >= 4 is 0 Å². The second kappa shape index (κ2) is 4.57. The molecule has 0 fully saturated rings. The molecule has 0 heterocycles. The van der Waals surface area contributed by atoms with Crippen molar-refractivity contribution in [2.24, 2.45) is 0 Å². The molecule has 54 valence electrons. The standard InChI is InChI=1S/C8H16O/c1-5-9-8(4)6-7(2)3/h6,8H,5H2,1-4H3. The van der Waals surface area contributed by atoms with Gasteiger partial charge in [-0.15, -0.1) is 0 Å². The fourth-order valence-electron chi connectivity index (χ4n) is 0.780. The Morgan fingerprint density at radius 3 is 2.44 bits per heavy atom. The van der Waals surface area contributed by atoms with Crippen LogP contribution in [0.2, 0.25) is 0 Å². The minimum atomic E-state index is 0.278. The zero-order valence-corrected chi connectivity index (χ0v) is 6.77. The van der Waals surface area contributed by atoms with Crippen LogP contribution in [0.3, 0.4) is 0 Å². The molecule has 0 amide bonds. The maximum absolute atomic E-state index is 5.28. The minimum absolute atomic E-state index is 0.278. The molecule has 1 unspecified atom stereocenters. The van der Waals surface area contributed by atoms with E-state index in [1.165, 1.54) is 5.57 Å². The van der Waals surface area contributed by atoms with Gasteiger partial charge in [0.2, 0.25) is 0 Å². The Morgan fingerprint density at radius 2 is 2.11 bits per heavy atom. The zero-order valence-electron chi connectivity index (χ0n) is 6.77. The van der Waals surface area contributed by atoms with Crippen molar-refractivity contribution in [2.75, 3.05) is 6.61 Å². The largest absolute Gasteiger partial charge is 0.375 e. The fourth-order valence-corrected chi connectivity index (χ4v) is 0.780. The number of rotatable bonds is 3. The molecule has 0 aliphatic rings. The van der Waals surface area contributed by atoms with Crippen LogP contribution in [0.25, 0.3) is 0 Å². The van der Waals surface area contributed by atoms with E-state index in [-0.39, 0.29) is 6.10 Å².